The van der Waals surface area contributed by atoms with E-state index in [1.165, 1.54) is 25.5 Å². The van der Waals surface area contributed by atoms with Gasteiger partial charge in [0.2, 0.25) is 0 Å². The summed E-state index contributed by atoms with van der Waals surface area (Å²) in [5.41, 5.74) is 0.227. The average Bonchev–Trinajstić information content (AvgIpc) is 2.40. The molecule has 0 aliphatic rings. The van der Waals surface area contributed by atoms with E-state index in [9.17, 15) is 9.59 Å². The molecule has 0 aliphatic carbocycles. The number of Topliss-reactive ketones (excluding diaryl/α,β-unsaturated/α-hetero) is 1. The second kappa shape index (κ2) is 8.38. The normalized spacial score (nSPS) is 10.8. The van der Waals surface area contributed by atoms with Gasteiger partial charge in [0, 0.05) is 6.20 Å². The van der Waals surface area contributed by atoms with E-state index in [4.69, 9.17) is 4.74 Å². The highest BCUT2D eigenvalue weighted by Crippen LogP contribution is 2.07. The zero-order valence-corrected chi connectivity index (χ0v) is 10.6. The minimum atomic E-state index is -0.820. The molecular formula is C12H18N2O3. The summed E-state index contributed by atoms with van der Waals surface area (Å²) in [6.45, 7) is 7.46. The highest BCUT2D eigenvalue weighted by molar-refractivity contribution is 6.07. The van der Waals surface area contributed by atoms with Gasteiger partial charge < -0.3 is 4.74 Å². The van der Waals surface area contributed by atoms with E-state index in [0.29, 0.717) is 0 Å². The van der Waals surface area contributed by atoms with Crippen molar-refractivity contribution in [1.29, 1.82) is 0 Å². The van der Waals surface area contributed by atoms with E-state index in [-0.39, 0.29) is 18.1 Å². The topological polar surface area (TPSA) is 69.2 Å². The van der Waals surface area contributed by atoms with Gasteiger partial charge in [-0.1, -0.05) is 13.8 Å². The SMILES string of the molecule is CC.CCOC(=O)C(C)C(=O)c1ccncn1. The lowest BCUT2D eigenvalue weighted by atomic mass is 10.0. The molecule has 0 saturated heterocycles. The van der Waals surface area contributed by atoms with Gasteiger partial charge in [-0.2, -0.15) is 0 Å². The smallest absolute Gasteiger partial charge is 0.316 e. The summed E-state index contributed by atoms with van der Waals surface area (Å²) in [5, 5.41) is 0. The second-order valence-electron chi connectivity index (χ2n) is 2.93. The average molecular weight is 238 g/mol. The first-order chi connectivity index (χ1) is 8.16. The molecule has 0 aromatic carbocycles. The molecule has 17 heavy (non-hydrogen) atoms. The number of ether oxygens (including phenoxy) is 1. The predicted molar refractivity (Wildman–Crippen MR) is 63.5 cm³/mol. The van der Waals surface area contributed by atoms with Crippen molar-refractivity contribution in [3.8, 4) is 0 Å². The molecule has 1 aromatic rings. The van der Waals surface area contributed by atoms with E-state index in [0.717, 1.165) is 0 Å². The highest BCUT2D eigenvalue weighted by atomic mass is 16.5. The first kappa shape index (κ1) is 15.2. The zero-order chi connectivity index (χ0) is 13.3. The third kappa shape index (κ3) is 4.72. The number of hydrogen-bond donors (Lipinski definition) is 0. The van der Waals surface area contributed by atoms with Crippen molar-refractivity contribution in [3.63, 3.8) is 0 Å². The molecule has 0 fully saturated rings. The van der Waals surface area contributed by atoms with E-state index >= 15 is 0 Å². The number of carbonyl (C=O) groups is 2. The van der Waals surface area contributed by atoms with Crippen LogP contribution in [0.4, 0.5) is 0 Å². The van der Waals surface area contributed by atoms with Crippen molar-refractivity contribution in [2.75, 3.05) is 6.61 Å². The number of nitrogens with zero attached hydrogens (tertiary/aromatic N) is 2. The Morgan fingerprint density at radius 1 is 1.41 bits per heavy atom. The number of rotatable bonds is 4. The fourth-order valence-electron chi connectivity index (χ4n) is 1.03. The van der Waals surface area contributed by atoms with Crippen molar-refractivity contribution < 1.29 is 14.3 Å². The first-order valence-electron chi connectivity index (χ1n) is 5.63. The summed E-state index contributed by atoms with van der Waals surface area (Å²) in [7, 11) is 0. The maximum Gasteiger partial charge on any atom is 0.316 e. The summed E-state index contributed by atoms with van der Waals surface area (Å²) >= 11 is 0. The quantitative estimate of drug-likeness (QED) is 0.455. The van der Waals surface area contributed by atoms with Crippen LogP contribution < -0.4 is 0 Å². The Balaban J connectivity index is 0.00000121. The van der Waals surface area contributed by atoms with Crippen LogP contribution in [0.5, 0.6) is 0 Å². The zero-order valence-electron chi connectivity index (χ0n) is 10.6. The molecule has 1 aromatic heterocycles. The molecule has 5 nitrogen and oxygen atoms in total. The summed E-state index contributed by atoms with van der Waals surface area (Å²) < 4.78 is 4.74. The van der Waals surface area contributed by atoms with Crippen molar-refractivity contribution in [2.45, 2.75) is 27.7 Å². The van der Waals surface area contributed by atoms with E-state index in [2.05, 4.69) is 9.97 Å². The fraction of sp³-hybridized carbons (Fsp3) is 0.500. The third-order valence-electron chi connectivity index (χ3n) is 1.87. The molecule has 1 atom stereocenters. The molecule has 1 unspecified atom stereocenters. The van der Waals surface area contributed by atoms with Crippen LogP contribution in [0.2, 0.25) is 0 Å². The Bertz CT molecular complexity index is 352. The third-order valence-corrected chi connectivity index (χ3v) is 1.87. The number of hydrogen-bond acceptors (Lipinski definition) is 5. The van der Waals surface area contributed by atoms with Gasteiger partial charge in [0.1, 0.15) is 17.9 Å². The largest absolute Gasteiger partial charge is 0.465 e. The number of aromatic nitrogens is 2. The van der Waals surface area contributed by atoms with E-state index in [1.807, 2.05) is 13.8 Å². The molecule has 5 heteroatoms. The fourth-order valence-corrected chi connectivity index (χ4v) is 1.03. The van der Waals surface area contributed by atoms with Gasteiger partial charge in [0.25, 0.3) is 0 Å². The molecule has 0 amide bonds. The van der Waals surface area contributed by atoms with Crippen LogP contribution in [0.15, 0.2) is 18.6 Å². The molecule has 0 radical (unpaired) electrons. The van der Waals surface area contributed by atoms with Gasteiger partial charge in [-0.15, -0.1) is 0 Å². The van der Waals surface area contributed by atoms with Crippen LogP contribution in [-0.2, 0) is 9.53 Å². The number of ketones is 1. The van der Waals surface area contributed by atoms with Gasteiger partial charge in [-0.25, -0.2) is 9.97 Å². The van der Waals surface area contributed by atoms with Crippen LogP contribution >= 0.6 is 0 Å². The lowest BCUT2D eigenvalue weighted by Crippen LogP contribution is -2.24. The molecule has 0 aliphatic heterocycles. The molecule has 0 bridgehead atoms. The maximum absolute atomic E-state index is 11.7. The Morgan fingerprint density at radius 2 is 2.06 bits per heavy atom. The molecular weight excluding hydrogens is 220 g/mol. The lowest BCUT2D eigenvalue weighted by molar-refractivity contribution is -0.145. The minimum absolute atomic E-state index is 0.227. The Hall–Kier alpha value is -1.78. The van der Waals surface area contributed by atoms with Crippen LogP contribution in [0, 0.1) is 5.92 Å². The second-order valence-corrected chi connectivity index (χ2v) is 2.93. The number of carbonyl (C=O) groups excluding carboxylic acids is 2. The van der Waals surface area contributed by atoms with Gasteiger partial charge in [-0.05, 0) is 19.9 Å². The summed E-state index contributed by atoms with van der Waals surface area (Å²) in [4.78, 5) is 30.4. The summed E-state index contributed by atoms with van der Waals surface area (Å²) in [5.74, 6) is -1.70. The van der Waals surface area contributed by atoms with Crippen LogP contribution in [0.1, 0.15) is 38.2 Å². The van der Waals surface area contributed by atoms with Crippen molar-refractivity contribution in [3.05, 3.63) is 24.3 Å². The van der Waals surface area contributed by atoms with Gasteiger partial charge in [0.05, 0.1) is 6.61 Å². The van der Waals surface area contributed by atoms with Crippen molar-refractivity contribution in [1.82, 2.24) is 9.97 Å². The minimum Gasteiger partial charge on any atom is -0.465 e. The van der Waals surface area contributed by atoms with E-state index < -0.39 is 11.9 Å². The van der Waals surface area contributed by atoms with Crippen molar-refractivity contribution in [2.24, 2.45) is 5.92 Å². The van der Waals surface area contributed by atoms with Crippen molar-refractivity contribution >= 4 is 11.8 Å². The molecule has 0 saturated carbocycles. The Morgan fingerprint density at radius 3 is 2.53 bits per heavy atom. The monoisotopic (exact) mass is 238 g/mol. The molecule has 1 rings (SSSR count). The summed E-state index contributed by atoms with van der Waals surface area (Å²) in [6.07, 6.45) is 2.73. The molecule has 0 N–H and O–H groups in total. The highest BCUT2D eigenvalue weighted by Gasteiger charge is 2.24. The van der Waals surface area contributed by atoms with Gasteiger partial charge in [0.15, 0.2) is 5.78 Å². The molecule has 94 valence electrons. The summed E-state index contributed by atoms with van der Waals surface area (Å²) in [6, 6.07) is 1.47. The van der Waals surface area contributed by atoms with Crippen LogP contribution in [-0.4, -0.2) is 28.3 Å². The van der Waals surface area contributed by atoms with Crippen LogP contribution in [0.25, 0.3) is 0 Å². The molecule has 1 heterocycles. The van der Waals surface area contributed by atoms with E-state index in [1.54, 1.807) is 6.92 Å². The number of esters is 1. The molecule has 0 spiro atoms. The maximum atomic E-state index is 11.7. The first-order valence-corrected chi connectivity index (χ1v) is 5.63. The lowest BCUT2D eigenvalue weighted by Gasteiger charge is -2.08. The Kier molecular flexibility index (Phi) is 7.50. The Labute approximate surface area is 101 Å². The van der Waals surface area contributed by atoms with Crippen LogP contribution in [0.3, 0.4) is 0 Å². The van der Waals surface area contributed by atoms with Gasteiger partial charge >= 0.3 is 5.97 Å². The predicted octanol–water partition coefficient (Wildman–Crippen LogP) is 1.88. The van der Waals surface area contributed by atoms with Gasteiger partial charge in [-0.3, -0.25) is 9.59 Å². The standard InChI is InChI=1S/C10H12N2O3.C2H6/c1-3-15-10(14)7(2)9(13)8-4-5-11-6-12-8;1-2/h4-7H,3H2,1-2H3;1-2H3.